The molecule has 38 heavy (non-hydrogen) atoms. The molecule has 8 nitrogen and oxygen atoms in total. The van der Waals surface area contributed by atoms with Gasteiger partial charge in [-0.15, -0.1) is 0 Å². The third-order valence-corrected chi connectivity index (χ3v) is 8.91. The molecular formula is C30H37N5O3. The molecule has 200 valence electrons. The van der Waals surface area contributed by atoms with Crippen LogP contribution in [-0.2, 0) is 16.9 Å². The fourth-order valence-electron chi connectivity index (χ4n) is 6.33. The summed E-state index contributed by atoms with van der Waals surface area (Å²) in [7, 11) is 5.89. The van der Waals surface area contributed by atoms with Gasteiger partial charge in [0.2, 0.25) is 5.91 Å². The number of methoxy groups -OCH3 is 1. The van der Waals surface area contributed by atoms with Gasteiger partial charge < -0.3 is 19.9 Å². The normalized spacial score (nSPS) is 25.9. The number of nitriles is 1. The van der Waals surface area contributed by atoms with E-state index in [1.807, 2.05) is 35.2 Å². The van der Waals surface area contributed by atoms with Crippen LogP contribution in [-0.4, -0.2) is 72.0 Å². The van der Waals surface area contributed by atoms with E-state index in [0.717, 1.165) is 37.0 Å². The van der Waals surface area contributed by atoms with Gasteiger partial charge in [-0.25, -0.2) is 4.79 Å². The molecule has 0 unspecified atom stereocenters. The van der Waals surface area contributed by atoms with Crippen LogP contribution in [0.25, 0.3) is 0 Å². The molecule has 8 heteroatoms. The second-order valence-electron chi connectivity index (χ2n) is 11.3. The van der Waals surface area contributed by atoms with Crippen molar-refractivity contribution in [1.29, 1.82) is 5.26 Å². The summed E-state index contributed by atoms with van der Waals surface area (Å²) in [6.07, 6.45) is 4.69. The number of nitrogens with zero attached hydrogens (tertiary/aromatic N) is 4. The maximum Gasteiger partial charge on any atom is 0.321 e. The fraction of sp³-hybridized carbons (Fsp3) is 0.500. The second kappa shape index (κ2) is 9.95. The lowest BCUT2D eigenvalue weighted by atomic mass is 9.68. The summed E-state index contributed by atoms with van der Waals surface area (Å²) in [6, 6.07) is 20.5. The zero-order valence-electron chi connectivity index (χ0n) is 22.6. The average molecular weight is 516 g/mol. The standard InChI is InChI=1S/C30H37N5O3/c1-33(2)30(24-7-5-4-6-8-24)17-15-29(16-18-30)22-34(19-23-9-11-25(38-3)12-10-23)27(37)35(29)20-26(36)32-28(21-31)13-14-28/h4-12H,13-20,22H2,1-3H3,(H,32,36). The molecule has 2 aromatic rings. The molecule has 3 amide bonds. The molecule has 2 aromatic carbocycles. The first-order valence-corrected chi connectivity index (χ1v) is 13.4. The zero-order chi connectivity index (χ0) is 27.0. The van der Waals surface area contributed by atoms with E-state index in [0.29, 0.717) is 25.9 Å². The molecule has 0 atom stereocenters. The minimum absolute atomic E-state index is 0.0261. The highest BCUT2D eigenvalue weighted by Gasteiger charge is 2.55. The minimum atomic E-state index is -0.754. The second-order valence-corrected chi connectivity index (χ2v) is 11.3. The van der Waals surface area contributed by atoms with Crippen LogP contribution in [0.3, 0.4) is 0 Å². The van der Waals surface area contributed by atoms with Gasteiger partial charge in [-0.05, 0) is 75.9 Å². The number of ether oxygens (including phenoxy) is 1. The molecule has 3 fully saturated rings. The Balaban J connectivity index is 1.40. The number of benzene rings is 2. The average Bonchev–Trinajstić information content (AvgIpc) is 3.67. The molecule has 0 bridgehead atoms. The van der Waals surface area contributed by atoms with E-state index in [1.165, 1.54) is 5.56 Å². The number of nitrogens with one attached hydrogen (secondary N) is 1. The van der Waals surface area contributed by atoms with E-state index in [2.05, 4.69) is 54.6 Å². The summed E-state index contributed by atoms with van der Waals surface area (Å²) >= 11 is 0. The van der Waals surface area contributed by atoms with Gasteiger partial charge in [-0.3, -0.25) is 9.69 Å². The Kier molecular flexibility index (Phi) is 6.83. The predicted molar refractivity (Wildman–Crippen MR) is 144 cm³/mol. The van der Waals surface area contributed by atoms with Crippen molar-refractivity contribution >= 4 is 11.9 Å². The van der Waals surface area contributed by atoms with Crippen molar-refractivity contribution in [3.05, 3.63) is 65.7 Å². The molecular weight excluding hydrogens is 478 g/mol. The summed E-state index contributed by atoms with van der Waals surface area (Å²) in [5.41, 5.74) is 0.998. The third-order valence-electron chi connectivity index (χ3n) is 8.91. The summed E-state index contributed by atoms with van der Waals surface area (Å²) < 4.78 is 5.28. The van der Waals surface area contributed by atoms with Crippen molar-refractivity contribution in [3.8, 4) is 11.8 Å². The number of carbonyl (C=O) groups excluding carboxylic acids is 2. The van der Waals surface area contributed by atoms with Crippen molar-refractivity contribution in [2.24, 2.45) is 0 Å². The SMILES string of the molecule is COc1ccc(CN2CC3(CCC(c4ccccc4)(N(C)C)CC3)N(CC(=O)NC3(C#N)CC3)C2=O)cc1. The molecule has 1 N–H and O–H groups in total. The molecule has 5 rings (SSSR count). The lowest BCUT2D eigenvalue weighted by Crippen LogP contribution is -2.57. The van der Waals surface area contributed by atoms with E-state index in [9.17, 15) is 14.9 Å². The smallest absolute Gasteiger partial charge is 0.321 e. The highest BCUT2D eigenvalue weighted by atomic mass is 16.5. The topological polar surface area (TPSA) is 88.9 Å². The van der Waals surface area contributed by atoms with E-state index in [-0.39, 0.29) is 24.0 Å². The Morgan fingerprint density at radius 3 is 2.24 bits per heavy atom. The van der Waals surface area contributed by atoms with Crippen LogP contribution in [0, 0.1) is 11.3 Å². The highest BCUT2D eigenvalue weighted by molar-refractivity contribution is 5.87. The number of carbonyl (C=O) groups is 2. The van der Waals surface area contributed by atoms with Crippen LogP contribution in [0.2, 0.25) is 0 Å². The predicted octanol–water partition coefficient (Wildman–Crippen LogP) is 3.88. The fourth-order valence-corrected chi connectivity index (χ4v) is 6.33. The van der Waals surface area contributed by atoms with Crippen LogP contribution in [0.4, 0.5) is 4.79 Å². The van der Waals surface area contributed by atoms with E-state index in [1.54, 1.807) is 12.0 Å². The van der Waals surface area contributed by atoms with Crippen molar-refractivity contribution in [3.63, 3.8) is 0 Å². The van der Waals surface area contributed by atoms with Gasteiger partial charge in [0.1, 0.15) is 17.8 Å². The van der Waals surface area contributed by atoms with Gasteiger partial charge in [-0.1, -0.05) is 42.5 Å². The lowest BCUT2D eigenvalue weighted by molar-refractivity contribution is -0.123. The van der Waals surface area contributed by atoms with Crippen molar-refractivity contribution in [1.82, 2.24) is 20.0 Å². The van der Waals surface area contributed by atoms with Crippen molar-refractivity contribution < 1.29 is 14.3 Å². The molecule has 0 radical (unpaired) electrons. The summed E-state index contributed by atoms with van der Waals surface area (Å²) in [5, 5.41) is 12.3. The molecule has 2 aliphatic carbocycles. The van der Waals surface area contributed by atoms with Crippen LogP contribution in [0.5, 0.6) is 5.75 Å². The molecule has 3 aliphatic rings. The first kappa shape index (κ1) is 26.1. The number of amides is 3. The third kappa shape index (κ3) is 4.71. The Labute approximate surface area is 225 Å². The van der Waals surface area contributed by atoms with Gasteiger partial charge in [0.15, 0.2) is 0 Å². The van der Waals surface area contributed by atoms with Gasteiger partial charge >= 0.3 is 6.03 Å². The van der Waals surface area contributed by atoms with Crippen LogP contribution in [0.1, 0.15) is 49.7 Å². The highest BCUT2D eigenvalue weighted by Crippen LogP contribution is 2.49. The van der Waals surface area contributed by atoms with Crippen LogP contribution >= 0.6 is 0 Å². The number of hydrogen-bond donors (Lipinski definition) is 1. The summed E-state index contributed by atoms with van der Waals surface area (Å²) in [6.45, 7) is 1.02. The van der Waals surface area contributed by atoms with Crippen molar-refractivity contribution in [2.75, 3.05) is 34.3 Å². The number of rotatable bonds is 8. The Bertz CT molecular complexity index is 1210. The molecule has 1 spiro atoms. The summed E-state index contributed by atoms with van der Waals surface area (Å²) in [4.78, 5) is 32.9. The van der Waals surface area contributed by atoms with Crippen LogP contribution in [0.15, 0.2) is 54.6 Å². The molecule has 2 saturated carbocycles. The van der Waals surface area contributed by atoms with Gasteiger partial charge in [0.25, 0.3) is 0 Å². The van der Waals surface area contributed by atoms with Gasteiger partial charge in [-0.2, -0.15) is 5.26 Å². The molecule has 1 heterocycles. The largest absolute Gasteiger partial charge is 0.497 e. The number of hydrogen-bond acceptors (Lipinski definition) is 5. The Morgan fingerprint density at radius 1 is 1.03 bits per heavy atom. The molecule has 1 aliphatic heterocycles. The van der Waals surface area contributed by atoms with E-state index in [4.69, 9.17) is 4.74 Å². The monoisotopic (exact) mass is 515 g/mol. The maximum atomic E-state index is 13.8. The number of urea groups is 1. The van der Waals surface area contributed by atoms with Crippen LogP contribution < -0.4 is 10.1 Å². The van der Waals surface area contributed by atoms with E-state index < -0.39 is 11.1 Å². The maximum absolute atomic E-state index is 13.8. The molecule has 0 aromatic heterocycles. The van der Waals surface area contributed by atoms with Gasteiger partial charge in [0, 0.05) is 18.6 Å². The van der Waals surface area contributed by atoms with Gasteiger partial charge in [0.05, 0.1) is 18.7 Å². The zero-order valence-corrected chi connectivity index (χ0v) is 22.6. The lowest BCUT2D eigenvalue weighted by Gasteiger charge is -2.51. The first-order chi connectivity index (χ1) is 18.2. The first-order valence-electron chi connectivity index (χ1n) is 13.4. The summed E-state index contributed by atoms with van der Waals surface area (Å²) in [5.74, 6) is 0.520. The van der Waals surface area contributed by atoms with E-state index >= 15 is 0 Å². The van der Waals surface area contributed by atoms with Crippen molar-refractivity contribution in [2.45, 2.75) is 61.7 Å². The Morgan fingerprint density at radius 2 is 1.68 bits per heavy atom. The molecule has 1 saturated heterocycles. The Hall–Kier alpha value is -3.57. The minimum Gasteiger partial charge on any atom is -0.497 e. The quantitative estimate of drug-likeness (QED) is 0.577.